The monoisotopic (exact) mass is 651 g/mol. The van der Waals surface area contributed by atoms with Gasteiger partial charge in [-0.3, -0.25) is 4.79 Å². The van der Waals surface area contributed by atoms with Gasteiger partial charge in [-0.15, -0.1) is 0 Å². The zero-order valence-corrected chi connectivity index (χ0v) is 27.1. The standard InChI is InChI=1S/C32H36ClFN7O3P/c1-21(34)31(42)40-16-15-39(17-23(40)12-13-35)30-25-20-45(3,43)41(28-11-5-8-22-7-4-10-26(33)29(22)28)18-27(25)36-32(37-30)44-19-24-9-6-14-38(24)2/h4-5,7-8,10-11,23-24H,1,6,9,12,14-20H2,2-3H3/t23-,24-,45?/m0/s1. The zero-order chi connectivity index (χ0) is 31.9. The van der Waals surface area contributed by atoms with E-state index in [4.69, 9.17) is 26.3 Å². The predicted molar refractivity (Wildman–Crippen MR) is 174 cm³/mol. The normalized spacial score (nSPS) is 23.6. The van der Waals surface area contributed by atoms with E-state index in [0.29, 0.717) is 29.7 Å². The molecule has 6 rings (SSSR count). The van der Waals surface area contributed by atoms with Gasteiger partial charge in [-0.05, 0) is 44.0 Å². The maximum Gasteiger partial charge on any atom is 0.318 e. The molecule has 13 heteroatoms. The third kappa shape index (κ3) is 6.11. The van der Waals surface area contributed by atoms with Gasteiger partial charge < -0.3 is 28.7 Å². The summed E-state index contributed by atoms with van der Waals surface area (Å²) in [5.41, 5.74) is 2.22. The van der Waals surface area contributed by atoms with Crippen LogP contribution in [0.3, 0.4) is 0 Å². The van der Waals surface area contributed by atoms with Crippen molar-refractivity contribution >= 4 is 47.1 Å². The Kier molecular flexibility index (Phi) is 8.75. The van der Waals surface area contributed by atoms with E-state index in [1.807, 2.05) is 46.0 Å². The topological polar surface area (TPSA) is 106 Å². The molecule has 2 aromatic carbocycles. The number of hydrogen-bond acceptors (Lipinski definition) is 8. The number of carbonyl (C=O) groups is 1. The molecule has 236 valence electrons. The highest BCUT2D eigenvalue weighted by Crippen LogP contribution is 2.58. The molecule has 45 heavy (non-hydrogen) atoms. The van der Waals surface area contributed by atoms with E-state index in [1.54, 1.807) is 6.66 Å². The molecule has 1 aromatic heterocycles. The summed E-state index contributed by atoms with van der Waals surface area (Å²) in [6.45, 7) is 7.39. The molecule has 0 saturated carbocycles. The summed E-state index contributed by atoms with van der Waals surface area (Å²) in [6, 6.07) is 13.6. The Balaban J connectivity index is 1.40. The molecule has 4 heterocycles. The molecule has 0 radical (unpaired) electrons. The number of nitrogens with zero attached hydrogens (tertiary/aromatic N) is 7. The molecule has 3 aromatic rings. The van der Waals surface area contributed by atoms with Gasteiger partial charge in [-0.1, -0.05) is 42.4 Å². The van der Waals surface area contributed by atoms with Crippen LogP contribution in [0.2, 0.25) is 5.02 Å². The number of aromatic nitrogens is 2. The largest absolute Gasteiger partial charge is 0.462 e. The van der Waals surface area contributed by atoms with Gasteiger partial charge in [0.2, 0.25) is 0 Å². The first-order chi connectivity index (χ1) is 21.6. The lowest BCUT2D eigenvalue weighted by atomic mass is 10.1. The van der Waals surface area contributed by atoms with E-state index in [1.165, 1.54) is 4.90 Å². The van der Waals surface area contributed by atoms with Crippen LogP contribution in [0.15, 0.2) is 48.8 Å². The highest BCUT2D eigenvalue weighted by atomic mass is 35.5. The second-order valence-corrected chi connectivity index (χ2v) is 15.4. The number of piperazine rings is 1. The minimum atomic E-state index is -3.04. The van der Waals surface area contributed by atoms with Crippen LogP contribution in [0.4, 0.5) is 15.9 Å². The Hall–Kier alpha value is -3.71. The summed E-state index contributed by atoms with van der Waals surface area (Å²) in [5, 5.41) is 11.9. The molecule has 0 bridgehead atoms. The second kappa shape index (κ2) is 12.6. The summed E-state index contributed by atoms with van der Waals surface area (Å²) in [4.78, 5) is 27.9. The Morgan fingerprint density at radius 1 is 1.20 bits per heavy atom. The van der Waals surface area contributed by atoms with Gasteiger partial charge in [0.15, 0.2) is 13.1 Å². The number of hydrogen-bond donors (Lipinski definition) is 0. The molecule has 1 unspecified atom stereocenters. The number of likely N-dealkylation sites (N-methyl/N-ethyl adjacent to an activating group) is 1. The van der Waals surface area contributed by atoms with Crippen molar-refractivity contribution in [3.8, 4) is 12.1 Å². The van der Waals surface area contributed by atoms with Crippen LogP contribution in [0.5, 0.6) is 6.01 Å². The summed E-state index contributed by atoms with van der Waals surface area (Å²) < 4.78 is 36.5. The van der Waals surface area contributed by atoms with Gasteiger partial charge in [0.05, 0.1) is 41.5 Å². The Bertz CT molecular complexity index is 1740. The van der Waals surface area contributed by atoms with Gasteiger partial charge in [-0.25, -0.2) is 4.39 Å². The first kappa shape index (κ1) is 31.3. The maximum absolute atomic E-state index is 14.5. The minimum absolute atomic E-state index is 0.0159. The van der Waals surface area contributed by atoms with Crippen molar-refractivity contribution in [1.82, 2.24) is 19.8 Å². The number of nitriles is 1. The number of anilines is 2. The average molecular weight is 652 g/mol. The van der Waals surface area contributed by atoms with Crippen molar-refractivity contribution in [2.75, 3.05) is 56.1 Å². The SMILES string of the molecule is C=C(F)C(=O)N1CCN(c2nc(OC[C@@H]3CCCN3C)nc3c2CP(C)(=O)N(c2cccc4cccc(Cl)c24)C3)C[C@@H]1CC#N. The van der Waals surface area contributed by atoms with Crippen LogP contribution < -0.4 is 14.3 Å². The Morgan fingerprint density at radius 3 is 2.69 bits per heavy atom. The fourth-order valence-corrected chi connectivity index (χ4v) is 9.12. The van der Waals surface area contributed by atoms with Crippen molar-refractivity contribution in [3.05, 3.63) is 65.1 Å². The van der Waals surface area contributed by atoms with E-state index in [-0.39, 0.29) is 44.3 Å². The molecule has 1 amide bonds. The van der Waals surface area contributed by atoms with Crippen LogP contribution in [-0.2, 0) is 22.1 Å². The fraction of sp³-hybridized carbons (Fsp3) is 0.438. The van der Waals surface area contributed by atoms with Crippen LogP contribution in [0, 0.1) is 11.3 Å². The van der Waals surface area contributed by atoms with Gasteiger partial charge in [-0.2, -0.15) is 15.2 Å². The lowest BCUT2D eigenvalue weighted by Gasteiger charge is -2.43. The Morgan fingerprint density at radius 2 is 1.98 bits per heavy atom. The van der Waals surface area contributed by atoms with E-state index >= 15 is 0 Å². The number of rotatable bonds is 7. The molecule has 2 fully saturated rings. The smallest absolute Gasteiger partial charge is 0.318 e. The molecule has 2 saturated heterocycles. The van der Waals surface area contributed by atoms with Gasteiger partial charge in [0.25, 0.3) is 5.91 Å². The third-order valence-corrected chi connectivity index (χ3v) is 11.7. The van der Waals surface area contributed by atoms with Crippen molar-refractivity contribution in [1.29, 1.82) is 5.26 Å². The zero-order valence-electron chi connectivity index (χ0n) is 25.5. The highest BCUT2D eigenvalue weighted by molar-refractivity contribution is 7.64. The first-order valence-electron chi connectivity index (χ1n) is 15.1. The first-order valence-corrected chi connectivity index (χ1v) is 17.8. The predicted octanol–water partition coefficient (Wildman–Crippen LogP) is 5.60. The van der Waals surface area contributed by atoms with Crippen molar-refractivity contribution in [2.45, 2.75) is 44.1 Å². The number of benzene rings is 2. The van der Waals surface area contributed by atoms with E-state index in [2.05, 4.69) is 24.6 Å². The lowest BCUT2D eigenvalue weighted by Crippen LogP contribution is -2.55. The quantitative estimate of drug-likeness (QED) is 0.238. The summed E-state index contributed by atoms with van der Waals surface area (Å²) >= 11 is 6.68. The van der Waals surface area contributed by atoms with Gasteiger partial charge in [0.1, 0.15) is 12.4 Å². The van der Waals surface area contributed by atoms with Crippen molar-refractivity contribution in [3.63, 3.8) is 0 Å². The molecule has 3 aliphatic rings. The third-order valence-electron chi connectivity index (χ3n) is 9.10. The molecule has 0 spiro atoms. The molecule has 10 nitrogen and oxygen atoms in total. The molecular formula is C32H36ClFN7O3P. The van der Waals surface area contributed by atoms with E-state index < -0.39 is 25.1 Å². The molecule has 3 atom stereocenters. The van der Waals surface area contributed by atoms with Crippen LogP contribution in [0.25, 0.3) is 10.8 Å². The number of amides is 1. The molecule has 0 N–H and O–H groups in total. The molecular weight excluding hydrogens is 616 g/mol. The van der Waals surface area contributed by atoms with E-state index in [0.717, 1.165) is 41.4 Å². The van der Waals surface area contributed by atoms with Gasteiger partial charge >= 0.3 is 6.01 Å². The van der Waals surface area contributed by atoms with Crippen LogP contribution >= 0.6 is 18.9 Å². The number of likely N-dealkylation sites (tertiary alicyclic amines) is 1. The summed E-state index contributed by atoms with van der Waals surface area (Å²) in [5.74, 6) is -1.30. The number of carbonyl (C=O) groups excluding carboxylic acids is 1. The van der Waals surface area contributed by atoms with Crippen LogP contribution in [0.1, 0.15) is 30.5 Å². The molecule has 3 aliphatic heterocycles. The Labute approximate surface area is 267 Å². The van der Waals surface area contributed by atoms with Crippen molar-refractivity contribution < 1.29 is 18.5 Å². The fourth-order valence-electron chi connectivity index (χ4n) is 6.70. The van der Waals surface area contributed by atoms with Crippen LogP contribution in [-0.4, -0.2) is 84.3 Å². The minimum Gasteiger partial charge on any atom is -0.462 e. The number of ether oxygens (including phenoxy) is 1. The highest BCUT2D eigenvalue weighted by Gasteiger charge is 2.39. The van der Waals surface area contributed by atoms with E-state index in [9.17, 15) is 19.0 Å². The lowest BCUT2D eigenvalue weighted by molar-refractivity contribution is -0.131. The maximum atomic E-state index is 14.5. The molecule has 0 aliphatic carbocycles. The summed E-state index contributed by atoms with van der Waals surface area (Å²) in [6.07, 6.45) is 2.34. The van der Waals surface area contributed by atoms with Gasteiger partial charge in [0, 0.05) is 49.5 Å². The van der Waals surface area contributed by atoms with Crippen molar-refractivity contribution in [2.24, 2.45) is 0 Å². The second-order valence-electron chi connectivity index (χ2n) is 12.1. The number of fused-ring (bicyclic) bond motifs is 2. The summed E-state index contributed by atoms with van der Waals surface area (Å²) in [7, 11) is -0.958. The number of halogens is 2. The average Bonchev–Trinajstić information content (AvgIpc) is 3.43.